The quantitative estimate of drug-likeness (QED) is 0.576. The molecular weight excluding hydrogens is 378 g/mol. The van der Waals surface area contributed by atoms with Crippen molar-refractivity contribution in [3.63, 3.8) is 0 Å². The predicted molar refractivity (Wildman–Crippen MR) is 91.8 cm³/mol. The Morgan fingerprint density at radius 3 is 2.41 bits per heavy atom. The first-order valence-corrected chi connectivity index (χ1v) is 9.11. The number of primary amides is 1. The molecule has 2 aromatic rings. The molecule has 2 rings (SSSR count). The molecule has 0 radical (unpaired) electrons. The fourth-order valence-corrected chi connectivity index (χ4v) is 2.93. The molecular formula is C16H17N3O7S. The van der Waals surface area contributed by atoms with Gasteiger partial charge in [0.15, 0.2) is 6.10 Å². The fourth-order valence-electron chi connectivity index (χ4n) is 1.94. The van der Waals surface area contributed by atoms with Crippen LogP contribution in [0.25, 0.3) is 0 Å². The summed E-state index contributed by atoms with van der Waals surface area (Å²) >= 11 is 0. The summed E-state index contributed by atoms with van der Waals surface area (Å²) in [7, 11) is -3.81. The van der Waals surface area contributed by atoms with Gasteiger partial charge in [0.2, 0.25) is 10.0 Å². The molecule has 0 aliphatic heterocycles. The van der Waals surface area contributed by atoms with Crippen molar-refractivity contribution in [2.24, 2.45) is 5.73 Å². The number of nitrogens with one attached hydrogen (secondary N) is 2. The maximum Gasteiger partial charge on any atom is 0.338 e. The molecule has 0 saturated carbocycles. The van der Waals surface area contributed by atoms with Crippen molar-refractivity contribution in [1.82, 2.24) is 10.0 Å². The number of imide groups is 1. The van der Waals surface area contributed by atoms with Crippen molar-refractivity contribution < 1.29 is 32.0 Å². The van der Waals surface area contributed by atoms with Crippen LogP contribution < -0.4 is 15.8 Å². The van der Waals surface area contributed by atoms with Crippen LogP contribution in [-0.4, -0.2) is 32.4 Å². The van der Waals surface area contributed by atoms with E-state index in [1.165, 1.54) is 37.5 Å². The number of furan rings is 1. The van der Waals surface area contributed by atoms with E-state index in [4.69, 9.17) is 14.9 Å². The number of ether oxygens (including phenoxy) is 1. The molecule has 0 aliphatic rings. The van der Waals surface area contributed by atoms with Crippen LogP contribution in [0.2, 0.25) is 0 Å². The van der Waals surface area contributed by atoms with Gasteiger partial charge in [-0.05, 0) is 43.3 Å². The maximum atomic E-state index is 12.2. The lowest BCUT2D eigenvalue weighted by Gasteiger charge is -2.12. The van der Waals surface area contributed by atoms with E-state index in [0.29, 0.717) is 5.76 Å². The van der Waals surface area contributed by atoms with Gasteiger partial charge >= 0.3 is 12.0 Å². The molecule has 27 heavy (non-hydrogen) atoms. The first kappa shape index (κ1) is 20.1. The second kappa shape index (κ2) is 8.47. The third-order valence-electron chi connectivity index (χ3n) is 3.32. The SMILES string of the molecule is C[C@@H](OC(=O)c1ccc(S(=O)(=O)NCc2ccco2)cc1)C(=O)NC(N)=O. The van der Waals surface area contributed by atoms with Crippen LogP contribution in [0.4, 0.5) is 4.79 Å². The van der Waals surface area contributed by atoms with Crippen LogP contribution in [0.3, 0.4) is 0 Å². The van der Waals surface area contributed by atoms with E-state index in [-0.39, 0.29) is 17.0 Å². The van der Waals surface area contributed by atoms with Crippen LogP contribution in [0.1, 0.15) is 23.0 Å². The molecule has 11 heteroatoms. The van der Waals surface area contributed by atoms with Gasteiger partial charge in [-0.2, -0.15) is 0 Å². The van der Waals surface area contributed by atoms with Gasteiger partial charge in [0.1, 0.15) is 5.76 Å². The van der Waals surface area contributed by atoms with E-state index in [2.05, 4.69) is 4.72 Å². The van der Waals surface area contributed by atoms with Gasteiger partial charge in [0, 0.05) is 0 Å². The number of carbonyl (C=O) groups excluding carboxylic acids is 3. The van der Waals surface area contributed by atoms with Gasteiger partial charge in [-0.3, -0.25) is 10.1 Å². The molecule has 1 heterocycles. The molecule has 0 spiro atoms. The van der Waals surface area contributed by atoms with E-state index in [9.17, 15) is 22.8 Å². The highest BCUT2D eigenvalue weighted by Crippen LogP contribution is 2.13. The van der Waals surface area contributed by atoms with Gasteiger partial charge in [-0.15, -0.1) is 0 Å². The van der Waals surface area contributed by atoms with Crippen molar-refractivity contribution in [3.8, 4) is 0 Å². The van der Waals surface area contributed by atoms with Gasteiger partial charge in [0.05, 0.1) is 23.3 Å². The minimum Gasteiger partial charge on any atom is -0.468 e. The van der Waals surface area contributed by atoms with E-state index < -0.39 is 34.0 Å². The van der Waals surface area contributed by atoms with Crippen LogP contribution in [0.15, 0.2) is 52.0 Å². The number of sulfonamides is 1. The maximum absolute atomic E-state index is 12.2. The summed E-state index contributed by atoms with van der Waals surface area (Å²) in [5.74, 6) is -1.30. The molecule has 0 aliphatic carbocycles. The van der Waals surface area contributed by atoms with E-state index in [1.807, 2.05) is 0 Å². The minimum atomic E-state index is -3.81. The molecule has 1 atom stereocenters. The summed E-state index contributed by atoms with van der Waals surface area (Å²) in [6.45, 7) is 1.24. The number of carbonyl (C=O) groups is 3. The molecule has 4 N–H and O–H groups in total. The molecule has 0 fully saturated rings. The standard InChI is InChI=1S/C16H17N3O7S/c1-10(14(20)19-16(17)22)26-15(21)11-4-6-13(7-5-11)27(23,24)18-9-12-3-2-8-25-12/h2-8,10,18H,9H2,1H3,(H3,17,19,20,22)/t10-/m1/s1. The number of hydrogen-bond donors (Lipinski definition) is 3. The summed E-state index contributed by atoms with van der Waals surface area (Å²) in [5.41, 5.74) is 4.83. The Bertz CT molecular complexity index is 921. The Morgan fingerprint density at radius 2 is 1.85 bits per heavy atom. The molecule has 144 valence electrons. The average Bonchev–Trinajstić information content (AvgIpc) is 3.13. The van der Waals surface area contributed by atoms with E-state index >= 15 is 0 Å². The third-order valence-corrected chi connectivity index (χ3v) is 4.73. The Balaban J connectivity index is 2.00. The summed E-state index contributed by atoms with van der Waals surface area (Å²) in [6, 6.07) is 7.10. The van der Waals surface area contributed by atoms with Crippen molar-refractivity contribution in [2.45, 2.75) is 24.5 Å². The lowest BCUT2D eigenvalue weighted by atomic mass is 10.2. The van der Waals surface area contributed by atoms with Crippen LogP contribution in [-0.2, 0) is 26.1 Å². The van der Waals surface area contributed by atoms with Gasteiger partial charge in [-0.25, -0.2) is 22.7 Å². The zero-order valence-corrected chi connectivity index (χ0v) is 15.0. The topological polar surface area (TPSA) is 158 Å². The summed E-state index contributed by atoms with van der Waals surface area (Å²) < 4.78 is 36.7. The van der Waals surface area contributed by atoms with Crippen LogP contribution in [0, 0.1) is 0 Å². The number of hydrogen-bond acceptors (Lipinski definition) is 7. The zero-order valence-electron chi connectivity index (χ0n) is 14.2. The molecule has 0 unspecified atom stereocenters. The second-order valence-electron chi connectivity index (χ2n) is 5.33. The molecule has 1 aromatic heterocycles. The summed E-state index contributed by atoms with van der Waals surface area (Å²) in [6.07, 6.45) is 0.165. The largest absolute Gasteiger partial charge is 0.468 e. The van der Waals surface area contributed by atoms with Crippen molar-refractivity contribution in [2.75, 3.05) is 0 Å². The normalized spacial score (nSPS) is 12.2. The Morgan fingerprint density at radius 1 is 1.19 bits per heavy atom. The first-order chi connectivity index (χ1) is 12.7. The summed E-state index contributed by atoms with van der Waals surface area (Å²) in [5, 5.41) is 1.78. The number of nitrogens with two attached hydrogens (primary N) is 1. The number of esters is 1. The monoisotopic (exact) mass is 395 g/mol. The lowest BCUT2D eigenvalue weighted by Crippen LogP contribution is -2.42. The molecule has 1 aromatic carbocycles. The van der Waals surface area contributed by atoms with Crippen molar-refractivity contribution in [1.29, 1.82) is 0 Å². The smallest absolute Gasteiger partial charge is 0.338 e. The molecule has 0 saturated heterocycles. The minimum absolute atomic E-state index is 0.0222. The number of benzene rings is 1. The van der Waals surface area contributed by atoms with Gasteiger partial charge < -0.3 is 14.9 Å². The van der Waals surface area contributed by atoms with Crippen LogP contribution >= 0.6 is 0 Å². The number of rotatable bonds is 7. The van der Waals surface area contributed by atoms with Gasteiger partial charge in [-0.1, -0.05) is 0 Å². The molecule has 0 bridgehead atoms. The van der Waals surface area contributed by atoms with E-state index in [1.54, 1.807) is 17.4 Å². The van der Waals surface area contributed by atoms with Crippen LogP contribution in [0.5, 0.6) is 0 Å². The Kier molecular flexibility index (Phi) is 6.32. The third kappa shape index (κ3) is 5.66. The highest BCUT2D eigenvalue weighted by Gasteiger charge is 2.21. The van der Waals surface area contributed by atoms with Crippen molar-refractivity contribution >= 4 is 27.9 Å². The van der Waals surface area contributed by atoms with E-state index in [0.717, 1.165) is 0 Å². The summed E-state index contributed by atoms with van der Waals surface area (Å²) in [4.78, 5) is 34.0. The Labute approximate surface area is 154 Å². The first-order valence-electron chi connectivity index (χ1n) is 7.62. The second-order valence-corrected chi connectivity index (χ2v) is 7.10. The zero-order chi connectivity index (χ0) is 20.0. The highest BCUT2D eigenvalue weighted by molar-refractivity contribution is 7.89. The number of amides is 3. The number of urea groups is 1. The highest BCUT2D eigenvalue weighted by atomic mass is 32.2. The lowest BCUT2D eigenvalue weighted by molar-refractivity contribution is -0.127. The van der Waals surface area contributed by atoms with Gasteiger partial charge in [0.25, 0.3) is 5.91 Å². The fraction of sp³-hybridized carbons (Fsp3) is 0.188. The molecule has 10 nitrogen and oxygen atoms in total. The Hall–Kier alpha value is -3.18. The average molecular weight is 395 g/mol. The molecule has 3 amide bonds. The predicted octanol–water partition coefficient (Wildman–Crippen LogP) is 0.498. The van der Waals surface area contributed by atoms with Crippen molar-refractivity contribution in [3.05, 3.63) is 54.0 Å².